The Kier molecular flexibility index (Phi) is 4.18. The first kappa shape index (κ1) is 14.7. The predicted octanol–water partition coefficient (Wildman–Crippen LogP) is 1.66. The highest BCUT2D eigenvalue weighted by molar-refractivity contribution is 5.98. The first-order valence-electron chi connectivity index (χ1n) is 6.83. The van der Waals surface area contributed by atoms with Gasteiger partial charge in [-0.15, -0.1) is 0 Å². The van der Waals surface area contributed by atoms with Crippen LogP contribution in [0.4, 0.5) is 0 Å². The molecule has 0 aromatic heterocycles. The van der Waals surface area contributed by atoms with Crippen LogP contribution in [0.2, 0.25) is 0 Å². The van der Waals surface area contributed by atoms with Crippen LogP contribution in [-0.4, -0.2) is 43.7 Å². The molecule has 2 N–H and O–H groups in total. The van der Waals surface area contributed by atoms with Crippen LogP contribution >= 0.6 is 0 Å². The molecule has 2 rings (SSSR count). The van der Waals surface area contributed by atoms with Crippen LogP contribution in [0.15, 0.2) is 18.2 Å². The van der Waals surface area contributed by atoms with Gasteiger partial charge in [-0.1, -0.05) is 13.3 Å². The Bertz CT molecular complexity index is 496. The van der Waals surface area contributed by atoms with Crippen molar-refractivity contribution in [3.8, 4) is 11.5 Å². The molecule has 1 amide bonds. The third kappa shape index (κ3) is 2.72. The van der Waals surface area contributed by atoms with Crippen molar-refractivity contribution < 1.29 is 14.3 Å². The van der Waals surface area contributed by atoms with Gasteiger partial charge in [0.2, 0.25) is 0 Å². The maximum absolute atomic E-state index is 12.5. The van der Waals surface area contributed by atoms with Crippen LogP contribution < -0.4 is 15.2 Å². The second kappa shape index (κ2) is 5.71. The molecule has 1 aromatic rings. The Morgan fingerprint density at radius 3 is 2.60 bits per heavy atom. The highest BCUT2D eigenvalue weighted by Crippen LogP contribution is 2.30. The molecule has 0 atom stereocenters. The normalized spacial score (nSPS) is 16.5. The summed E-state index contributed by atoms with van der Waals surface area (Å²) in [6.45, 7) is 3.30. The lowest BCUT2D eigenvalue weighted by Crippen LogP contribution is -2.68. The molecular formula is C15H22N2O3. The average Bonchev–Trinajstić information content (AvgIpc) is 2.43. The fourth-order valence-electron chi connectivity index (χ4n) is 2.67. The van der Waals surface area contributed by atoms with Gasteiger partial charge in [0.15, 0.2) is 0 Å². The number of nitrogens with two attached hydrogens (primary N) is 1. The molecule has 1 aromatic carbocycles. The van der Waals surface area contributed by atoms with E-state index in [1.807, 2.05) is 0 Å². The SMILES string of the molecule is CCCC1(N)CN(C(=O)c2cc(OC)ccc2OC)C1. The number of methoxy groups -OCH3 is 2. The van der Waals surface area contributed by atoms with E-state index in [0.717, 1.165) is 12.8 Å². The third-order valence-corrected chi connectivity index (χ3v) is 3.68. The van der Waals surface area contributed by atoms with Gasteiger partial charge in [0.1, 0.15) is 11.5 Å². The van der Waals surface area contributed by atoms with Gasteiger partial charge >= 0.3 is 0 Å². The van der Waals surface area contributed by atoms with Crippen molar-refractivity contribution in [2.75, 3.05) is 27.3 Å². The maximum atomic E-state index is 12.5. The lowest BCUT2D eigenvalue weighted by molar-refractivity contribution is 0.0383. The van der Waals surface area contributed by atoms with E-state index in [4.69, 9.17) is 15.2 Å². The van der Waals surface area contributed by atoms with Gasteiger partial charge in [-0.25, -0.2) is 0 Å². The highest BCUT2D eigenvalue weighted by Gasteiger charge is 2.41. The van der Waals surface area contributed by atoms with E-state index in [0.29, 0.717) is 30.2 Å². The summed E-state index contributed by atoms with van der Waals surface area (Å²) in [4.78, 5) is 14.3. The number of carbonyl (C=O) groups is 1. The van der Waals surface area contributed by atoms with E-state index in [1.165, 1.54) is 0 Å². The number of hydrogen-bond donors (Lipinski definition) is 1. The van der Waals surface area contributed by atoms with Gasteiger partial charge in [0.25, 0.3) is 5.91 Å². The molecule has 0 aliphatic carbocycles. The van der Waals surface area contributed by atoms with Gasteiger partial charge in [0.05, 0.1) is 25.3 Å². The van der Waals surface area contributed by atoms with Crippen molar-refractivity contribution >= 4 is 5.91 Å². The molecule has 5 heteroatoms. The zero-order chi connectivity index (χ0) is 14.8. The lowest BCUT2D eigenvalue weighted by Gasteiger charge is -2.47. The molecule has 1 fully saturated rings. The zero-order valence-electron chi connectivity index (χ0n) is 12.3. The minimum absolute atomic E-state index is 0.0575. The summed E-state index contributed by atoms with van der Waals surface area (Å²) in [6, 6.07) is 5.22. The number of benzene rings is 1. The number of likely N-dealkylation sites (tertiary alicyclic amines) is 1. The van der Waals surface area contributed by atoms with Crippen LogP contribution in [0.25, 0.3) is 0 Å². The molecule has 5 nitrogen and oxygen atoms in total. The molecule has 20 heavy (non-hydrogen) atoms. The fraction of sp³-hybridized carbons (Fsp3) is 0.533. The van der Waals surface area contributed by atoms with Crippen LogP contribution in [0, 0.1) is 0 Å². The first-order valence-corrected chi connectivity index (χ1v) is 6.83. The van der Waals surface area contributed by atoms with Crippen molar-refractivity contribution in [2.45, 2.75) is 25.3 Å². The van der Waals surface area contributed by atoms with Gasteiger partial charge < -0.3 is 20.1 Å². The van der Waals surface area contributed by atoms with Crippen molar-refractivity contribution in [1.82, 2.24) is 4.90 Å². The Labute approximate surface area is 119 Å². The van der Waals surface area contributed by atoms with Crippen molar-refractivity contribution in [2.24, 2.45) is 5.73 Å². The Balaban J connectivity index is 2.14. The molecule has 110 valence electrons. The average molecular weight is 278 g/mol. The smallest absolute Gasteiger partial charge is 0.257 e. The number of nitrogens with zero attached hydrogens (tertiary/aromatic N) is 1. The van der Waals surface area contributed by atoms with Crippen molar-refractivity contribution in [3.63, 3.8) is 0 Å². The first-order chi connectivity index (χ1) is 9.53. The Morgan fingerprint density at radius 1 is 1.35 bits per heavy atom. The van der Waals surface area contributed by atoms with Crippen molar-refractivity contribution in [1.29, 1.82) is 0 Å². The zero-order valence-corrected chi connectivity index (χ0v) is 12.3. The number of hydrogen-bond acceptors (Lipinski definition) is 4. The molecule has 0 radical (unpaired) electrons. The minimum atomic E-state index is -0.226. The van der Waals surface area contributed by atoms with Gasteiger partial charge in [-0.05, 0) is 24.6 Å². The summed E-state index contributed by atoms with van der Waals surface area (Å²) in [5.74, 6) is 1.14. The molecule has 0 bridgehead atoms. The summed E-state index contributed by atoms with van der Waals surface area (Å²) in [5.41, 5.74) is 6.49. The number of ether oxygens (including phenoxy) is 2. The predicted molar refractivity (Wildman–Crippen MR) is 77.3 cm³/mol. The summed E-state index contributed by atoms with van der Waals surface area (Å²) in [7, 11) is 3.13. The van der Waals surface area contributed by atoms with E-state index >= 15 is 0 Å². The Morgan fingerprint density at radius 2 is 2.05 bits per heavy atom. The monoisotopic (exact) mass is 278 g/mol. The van der Waals surface area contributed by atoms with Crippen LogP contribution in [0.1, 0.15) is 30.1 Å². The molecule has 1 heterocycles. The fourth-order valence-corrected chi connectivity index (χ4v) is 2.67. The topological polar surface area (TPSA) is 64.8 Å². The van der Waals surface area contributed by atoms with E-state index in [2.05, 4.69) is 6.92 Å². The molecule has 1 aliphatic rings. The largest absolute Gasteiger partial charge is 0.497 e. The quantitative estimate of drug-likeness (QED) is 0.889. The minimum Gasteiger partial charge on any atom is -0.497 e. The molecule has 1 aliphatic heterocycles. The van der Waals surface area contributed by atoms with E-state index in [-0.39, 0.29) is 11.4 Å². The third-order valence-electron chi connectivity index (χ3n) is 3.68. The second-order valence-corrected chi connectivity index (χ2v) is 5.34. The number of amides is 1. The van der Waals surface area contributed by atoms with Crippen molar-refractivity contribution in [3.05, 3.63) is 23.8 Å². The van der Waals surface area contributed by atoms with Crippen LogP contribution in [0.3, 0.4) is 0 Å². The molecule has 0 unspecified atom stereocenters. The lowest BCUT2D eigenvalue weighted by atomic mass is 9.86. The molecule has 0 saturated carbocycles. The summed E-state index contributed by atoms with van der Waals surface area (Å²) in [6.07, 6.45) is 1.97. The van der Waals surface area contributed by atoms with Crippen LogP contribution in [0.5, 0.6) is 11.5 Å². The maximum Gasteiger partial charge on any atom is 0.257 e. The van der Waals surface area contributed by atoms with E-state index in [1.54, 1.807) is 37.3 Å². The number of carbonyl (C=O) groups excluding carboxylic acids is 1. The van der Waals surface area contributed by atoms with Crippen LogP contribution in [-0.2, 0) is 0 Å². The van der Waals surface area contributed by atoms with E-state index in [9.17, 15) is 4.79 Å². The highest BCUT2D eigenvalue weighted by atomic mass is 16.5. The van der Waals surface area contributed by atoms with E-state index < -0.39 is 0 Å². The summed E-state index contributed by atoms with van der Waals surface area (Å²) in [5, 5.41) is 0. The molecule has 0 spiro atoms. The summed E-state index contributed by atoms with van der Waals surface area (Å²) >= 11 is 0. The van der Waals surface area contributed by atoms with Gasteiger partial charge in [-0.3, -0.25) is 4.79 Å². The standard InChI is InChI=1S/C15H22N2O3/c1-4-7-15(16)9-17(10-15)14(18)12-8-11(19-2)5-6-13(12)20-3/h5-6,8H,4,7,9-10,16H2,1-3H3. The Hall–Kier alpha value is -1.75. The number of rotatable bonds is 5. The van der Waals surface area contributed by atoms with Gasteiger partial charge in [0, 0.05) is 13.1 Å². The second-order valence-electron chi connectivity index (χ2n) is 5.34. The van der Waals surface area contributed by atoms with Gasteiger partial charge in [-0.2, -0.15) is 0 Å². The molecular weight excluding hydrogens is 256 g/mol. The summed E-state index contributed by atoms with van der Waals surface area (Å²) < 4.78 is 10.4. The molecule has 1 saturated heterocycles.